The van der Waals surface area contributed by atoms with Gasteiger partial charge in [-0.3, -0.25) is 24.2 Å². The van der Waals surface area contributed by atoms with Gasteiger partial charge in [-0.05, 0) is 82.7 Å². The second-order valence-electron chi connectivity index (χ2n) is 16.3. The summed E-state index contributed by atoms with van der Waals surface area (Å²) in [7, 11) is 1.87. The smallest absolute Gasteiger partial charge is 0.411 e. The Bertz CT molecular complexity index is 1830. The number of carbonyl (C=O) groups is 4. The van der Waals surface area contributed by atoms with Gasteiger partial charge in [-0.15, -0.1) is 0 Å². The number of benzene rings is 2. The number of nitrogens with one attached hydrogen (secondary N) is 3. The van der Waals surface area contributed by atoms with Gasteiger partial charge in [0.05, 0.1) is 12.2 Å². The van der Waals surface area contributed by atoms with Crippen LogP contribution in [0, 0.1) is 12.8 Å². The van der Waals surface area contributed by atoms with Crippen LogP contribution in [-0.2, 0) is 27.3 Å². The number of aryl methyl sites for hydroxylation is 2. The Morgan fingerprint density at radius 1 is 0.860 bits per heavy atom. The fraction of sp³-hybridized carbons (Fsp3) is 0.523. The highest BCUT2D eigenvalue weighted by atomic mass is 16.6. The first-order valence-corrected chi connectivity index (χ1v) is 20.4. The third-order valence-corrected chi connectivity index (χ3v) is 10.4. The summed E-state index contributed by atoms with van der Waals surface area (Å²) in [5, 5.41) is 8.96. The van der Waals surface area contributed by atoms with E-state index in [0.29, 0.717) is 37.8 Å². The van der Waals surface area contributed by atoms with E-state index in [-0.39, 0.29) is 30.6 Å². The molecule has 57 heavy (non-hydrogen) atoms. The standard InChI is InChI=1S/C44H62N8O5/c1-7-33-11-9-13-36(25-33)37-26-38(48-40(54)31-52(43(56)57-44(3,4)5)29-35-12-8-10-32(2)24-35)41(47-27-37)42(55)51-18-14-34(15-19-51)28-49-20-22-50(23-21-49)30-39(53)46-17-16-45-6/h8-13,24-27,34,45H,7,14-23,28-31H2,1-6H3,(H,46,53)(H,48,54). The van der Waals surface area contributed by atoms with E-state index < -0.39 is 17.6 Å². The van der Waals surface area contributed by atoms with Gasteiger partial charge in [0.15, 0.2) is 5.69 Å². The summed E-state index contributed by atoms with van der Waals surface area (Å²) >= 11 is 0. The molecule has 2 aliphatic rings. The Morgan fingerprint density at radius 2 is 1.56 bits per heavy atom. The lowest BCUT2D eigenvalue weighted by Crippen LogP contribution is -2.51. The molecule has 3 N–H and O–H groups in total. The molecule has 0 saturated carbocycles. The van der Waals surface area contributed by atoms with E-state index in [1.807, 2.05) is 61.3 Å². The molecule has 1 aromatic heterocycles. The summed E-state index contributed by atoms with van der Waals surface area (Å²) in [5.41, 5.74) is 4.50. The minimum absolute atomic E-state index is 0.0641. The van der Waals surface area contributed by atoms with Crippen LogP contribution in [0.25, 0.3) is 11.1 Å². The van der Waals surface area contributed by atoms with Crippen molar-refractivity contribution < 1.29 is 23.9 Å². The lowest BCUT2D eigenvalue weighted by atomic mass is 9.95. The third-order valence-electron chi connectivity index (χ3n) is 10.4. The maximum Gasteiger partial charge on any atom is 0.411 e. The van der Waals surface area contributed by atoms with Gasteiger partial charge in [-0.25, -0.2) is 9.78 Å². The molecule has 0 radical (unpaired) electrons. The van der Waals surface area contributed by atoms with Crippen LogP contribution in [0.4, 0.5) is 10.5 Å². The second-order valence-corrected chi connectivity index (χ2v) is 16.3. The van der Waals surface area contributed by atoms with Crippen LogP contribution in [0.2, 0.25) is 0 Å². The van der Waals surface area contributed by atoms with Crippen molar-refractivity contribution in [2.45, 2.75) is 66.0 Å². The molecular weight excluding hydrogens is 721 g/mol. The molecule has 2 saturated heterocycles. The lowest BCUT2D eigenvalue weighted by molar-refractivity contribution is -0.122. The summed E-state index contributed by atoms with van der Waals surface area (Å²) in [5.74, 6) is -0.174. The Balaban J connectivity index is 1.25. The number of nitrogens with zero attached hydrogens (tertiary/aromatic N) is 5. The fourth-order valence-electron chi connectivity index (χ4n) is 7.31. The van der Waals surface area contributed by atoms with E-state index in [9.17, 15) is 19.2 Å². The van der Waals surface area contributed by atoms with Crippen LogP contribution in [0.15, 0.2) is 60.8 Å². The number of aromatic nitrogens is 1. The predicted octanol–water partition coefficient (Wildman–Crippen LogP) is 4.80. The summed E-state index contributed by atoms with van der Waals surface area (Å²) in [6.07, 6.45) is 3.69. The second kappa shape index (κ2) is 20.5. The Hall–Kier alpha value is -4.85. The van der Waals surface area contributed by atoms with Crippen LogP contribution < -0.4 is 16.0 Å². The van der Waals surface area contributed by atoms with Gasteiger partial charge in [0.25, 0.3) is 5.91 Å². The minimum atomic E-state index is -0.753. The molecule has 4 amide bonds. The number of hydrogen-bond acceptors (Lipinski definition) is 9. The average Bonchev–Trinajstić information content (AvgIpc) is 3.18. The predicted molar refractivity (Wildman–Crippen MR) is 224 cm³/mol. The van der Waals surface area contributed by atoms with Crippen molar-refractivity contribution >= 4 is 29.5 Å². The van der Waals surface area contributed by atoms with Crippen molar-refractivity contribution in [2.75, 3.05) is 84.4 Å². The number of pyridine rings is 1. The van der Waals surface area contributed by atoms with Crippen LogP contribution in [0.3, 0.4) is 0 Å². The SMILES string of the molecule is CCc1cccc(-c2cnc(C(=O)N3CCC(CN4CCN(CC(=O)NCCNC)CC4)CC3)c(NC(=O)CN(Cc3cccc(C)c3)C(=O)OC(C)(C)C)c2)c1. The van der Waals surface area contributed by atoms with Crippen molar-refractivity contribution in [1.82, 2.24) is 35.2 Å². The monoisotopic (exact) mass is 782 g/mol. The molecule has 2 fully saturated rings. The summed E-state index contributed by atoms with van der Waals surface area (Å²) in [4.78, 5) is 66.3. The maximum atomic E-state index is 14.2. The Kier molecular flexibility index (Phi) is 15.6. The van der Waals surface area contributed by atoms with E-state index in [1.165, 1.54) is 4.90 Å². The van der Waals surface area contributed by atoms with Gasteiger partial charge in [-0.1, -0.05) is 61.0 Å². The molecule has 0 aliphatic carbocycles. The van der Waals surface area contributed by atoms with E-state index >= 15 is 0 Å². The van der Waals surface area contributed by atoms with E-state index in [0.717, 1.165) is 86.3 Å². The van der Waals surface area contributed by atoms with Crippen LogP contribution in [0.5, 0.6) is 0 Å². The Morgan fingerprint density at radius 3 is 2.25 bits per heavy atom. The zero-order valence-electron chi connectivity index (χ0n) is 34.7. The first-order valence-electron chi connectivity index (χ1n) is 20.4. The molecule has 0 spiro atoms. The molecule has 2 aromatic carbocycles. The molecule has 3 aromatic rings. The molecule has 0 atom stereocenters. The van der Waals surface area contributed by atoms with Gasteiger partial charge in [0.1, 0.15) is 12.1 Å². The normalized spacial score (nSPS) is 15.6. The molecule has 13 heteroatoms. The number of rotatable bonds is 15. The Labute approximate surface area is 338 Å². The number of hydrogen-bond donors (Lipinski definition) is 3. The topological polar surface area (TPSA) is 139 Å². The highest BCUT2D eigenvalue weighted by Crippen LogP contribution is 2.28. The molecule has 0 unspecified atom stereocenters. The molecular formula is C44H62N8O5. The first-order chi connectivity index (χ1) is 27.3. The minimum Gasteiger partial charge on any atom is -0.444 e. The quantitative estimate of drug-likeness (QED) is 0.186. The molecule has 0 bridgehead atoms. The van der Waals surface area contributed by atoms with Crippen molar-refractivity contribution in [3.8, 4) is 11.1 Å². The third kappa shape index (κ3) is 13.4. The van der Waals surface area contributed by atoms with Crippen molar-refractivity contribution in [3.63, 3.8) is 0 Å². The molecule has 3 heterocycles. The van der Waals surface area contributed by atoms with Crippen LogP contribution >= 0.6 is 0 Å². The van der Waals surface area contributed by atoms with Gasteiger partial charge < -0.3 is 30.5 Å². The van der Waals surface area contributed by atoms with Crippen molar-refractivity contribution in [2.24, 2.45) is 5.92 Å². The van der Waals surface area contributed by atoms with Crippen LogP contribution in [0.1, 0.15) is 67.7 Å². The summed E-state index contributed by atoms with van der Waals surface area (Å²) in [6, 6.07) is 17.7. The number of likely N-dealkylation sites (N-methyl/N-ethyl adjacent to an activating group) is 1. The number of piperidine rings is 1. The number of ether oxygens (including phenoxy) is 1. The fourth-order valence-corrected chi connectivity index (χ4v) is 7.31. The zero-order chi connectivity index (χ0) is 41.0. The maximum absolute atomic E-state index is 14.2. The van der Waals surface area contributed by atoms with Crippen molar-refractivity contribution in [3.05, 3.63) is 83.2 Å². The number of carbonyl (C=O) groups excluding carboxylic acids is 4. The summed E-state index contributed by atoms with van der Waals surface area (Å²) < 4.78 is 5.70. The molecule has 5 rings (SSSR count). The van der Waals surface area contributed by atoms with Gasteiger partial charge in [0, 0.05) is 77.2 Å². The highest BCUT2D eigenvalue weighted by Gasteiger charge is 2.30. The van der Waals surface area contributed by atoms with E-state index in [4.69, 9.17) is 4.74 Å². The van der Waals surface area contributed by atoms with Gasteiger partial charge >= 0.3 is 6.09 Å². The number of amides is 4. The number of likely N-dealkylation sites (tertiary alicyclic amines) is 1. The van der Waals surface area contributed by atoms with E-state index in [1.54, 1.807) is 27.0 Å². The lowest BCUT2D eigenvalue weighted by Gasteiger charge is -2.38. The molecule has 2 aliphatic heterocycles. The van der Waals surface area contributed by atoms with Gasteiger partial charge in [-0.2, -0.15) is 0 Å². The summed E-state index contributed by atoms with van der Waals surface area (Å²) in [6.45, 7) is 16.9. The first kappa shape index (κ1) is 43.3. The van der Waals surface area contributed by atoms with Crippen molar-refractivity contribution in [1.29, 1.82) is 0 Å². The highest BCUT2D eigenvalue weighted by molar-refractivity contribution is 6.03. The number of piperazine rings is 1. The van der Waals surface area contributed by atoms with Crippen LogP contribution in [-0.4, -0.2) is 133 Å². The largest absolute Gasteiger partial charge is 0.444 e. The van der Waals surface area contributed by atoms with E-state index in [2.05, 4.69) is 49.8 Å². The van der Waals surface area contributed by atoms with Gasteiger partial charge in [0.2, 0.25) is 11.8 Å². The number of anilines is 1. The average molecular weight is 783 g/mol. The zero-order valence-corrected chi connectivity index (χ0v) is 34.7. The molecule has 13 nitrogen and oxygen atoms in total. The molecule has 308 valence electrons.